The molecule has 0 unspecified atom stereocenters. The Kier molecular flexibility index (Phi) is 5.61. The zero-order valence-electron chi connectivity index (χ0n) is 15.3. The summed E-state index contributed by atoms with van der Waals surface area (Å²) < 4.78 is 10.5. The van der Waals surface area contributed by atoms with Crippen molar-refractivity contribution in [1.82, 2.24) is 5.32 Å². The largest absolute Gasteiger partial charge is 0.497 e. The lowest BCUT2D eigenvalue weighted by molar-refractivity contribution is -0.124. The molecule has 2 aromatic rings. The molecule has 1 heterocycles. The van der Waals surface area contributed by atoms with Crippen LogP contribution >= 0.6 is 11.3 Å². The summed E-state index contributed by atoms with van der Waals surface area (Å²) in [6.07, 6.45) is 1.80. The molecule has 5 nitrogen and oxygen atoms in total. The number of hydrogen-bond donors (Lipinski definition) is 1. The van der Waals surface area contributed by atoms with Crippen LogP contribution in [0.1, 0.15) is 34.6 Å². The van der Waals surface area contributed by atoms with E-state index in [-0.39, 0.29) is 12.5 Å². The predicted octanol–water partition coefficient (Wildman–Crippen LogP) is 3.45. The lowest BCUT2D eigenvalue weighted by atomic mass is 9.91. The molecule has 0 fully saturated rings. The van der Waals surface area contributed by atoms with Gasteiger partial charge in [-0.3, -0.25) is 4.79 Å². The number of nitrogens with one attached hydrogen (secondary N) is 1. The Bertz CT molecular complexity index is 825. The van der Waals surface area contributed by atoms with Crippen molar-refractivity contribution in [3.05, 3.63) is 40.3 Å². The zero-order chi connectivity index (χ0) is 18.7. The number of carbonyl (C=O) groups excluding carboxylic acids is 2. The van der Waals surface area contributed by atoms with E-state index in [1.807, 2.05) is 32.0 Å². The van der Waals surface area contributed by atoms with Crippen LogP contribution in [-0.2, 0) is 22.4 Å². The van der Waals surface area contributed by atoms with Gasteiger partial charge in [-0.2, -0.15) is 0 Å². The van der Waals surface area contributed by atoms with Gasteiger partial charge in [-0.25, -0.2) is 4.79 Å². The molecule has 0 saturated carbocycles. The van der Waals surface area contributed by atoms with Crippen LogP contribution in [-0.4, -0.2) is 32.1 Å². The quantitative estimate of drug-likeness (QED) is 0.788. The Morgan fingerprint density at radius 2 is 1.96 bits per heavy atom. The van der Waals surface area contributed by atoms with Crippen LogP contribution in [0.3, 0.4) is 0 Å². The average Bonchev–Trinajstić information content (AvgIpc) is 3.08. The van der Waals surface area contributed by atoms with Crippen LogP contribution in [0, 0.1) is 5.92 Å². The van der Waals surface area contributed by atoms with Gasteiger partial charge in [-0.15, -0.1) is 11.3 Å². The summed E-state index contributed by atoms with van der Waals surface area (Å²) in [5, 5.41) is 2.74. The van der Waals surface area contributed by atoms with Gasteiger partial charge in [0.2, 0.25) is 0 Å². The van der Waals surface area contributed by atoms with E-state index in [4.69, 9.17) is 9.47 Å². The van der Waals surface area contributed by atoms with E-state index < -0.39 is 5.97 Å². The molecule has 0 bridgehead atoms. The van der Waals surface area contributed by atoms with Gasteiger partial charge in [0.15, 0.2) is 6.61 Å². The van der Waals surface area contributed by atoms with Crippen LogP contribution in [0.4, 0.5) is 0 Å². The number of benzene rings is 1. The monoisotopic (exact) mass is 373 g/mol. The second kappa shape index (κ2) is 7.91. The van der Waals surface area contributed by atoms with E-state index in [0.717, 1.165) is 34.6 Å². The molecule has 1 aromatic heterocycles. The van der Waals surface area contributed by atoms with Gasteiger partial charge in [0.25, 0.3) is 5.91 Å². The first-order valence-electron chi connectivity index (χ1n) is 8.71. The second-order valence-corrected chi connectivity index (χ2v) is 7.81. The Labute approximate surface area is 157 Å². The Balaban J connectivity index is 1.69. The molecule has 26 heavy (non-hydrogen) atoms. The molecular weight excluding hydrogens is 350 g/mol. The molecule has 0 atom stereocenters. The molecule has 138 valence electrons. The van der Waals surface area contributed by atoms with Crippen LogP contribution in [0.15, 0.2) is 24.3 Å². The van der Waals surface area contributed by atoms with E-state index in [0.29, 0.717) is 17.3 Å². The number of esters is 1. The van der Waals surface area contributed by atoms with Gasteiger partial charge < -0.3 is 14.8 Å². The minimum atomic E-state index is -0.445. The molecule has 1 aromatic carbocycles. The molecule has 1 aliphatic rings. The van der Waals surface area contributed by atoms with Crippen molar-refractivity contribution >= 4 is 23.2 Å². The lowest BCUT2D eigenvalue weighted by Crippen LogP contribution is -2.31. The SMILES string of the molecule is COc1ccc2c(c1)CCc1cc(C(=O)OCC(=O)NCC(C)C)sc1-2. The number of hydrogen-bond acceptors (Lipinski definition) is 5. The van der Waals surface area contributed by atoms with Gasteiger partial charge >= 0.3 is 5.97 Å². The first-order valence-corrected chi connectivity index (χ1v) is 9.53. The highest BCUT2D eigenvalue weighted by Crippen LogP contribution is 2.40. The first-order chi connectivity index (χ1) is 12.5. The topological polar surface area (TPSA) is 64.6 Å². The summed E-state index contributed by atoms with van der Waals surface area (Å²) in [5.74, 6) is 0.484. The number of rotatable bonds is 6. The molecule has 3 rings (SSSR count). The number of fused-ring (bicyclic) bond motifs is 3. The van der Waals surface area contributed by atoms with E-state index in [1.54, 1.807) is 7.11 Å². The Morgan fingerprint density at radius 1 is 1.19 bits per heavy atom. The molecular formula is C20H23NO4S. The van der Waals surface area contributed by atoms with E-state index in [1.165, 1.54) is 16.9 Å². The van der Waals surface area contributed by atoms with Crippen LogP contribution < -0.4 is 10.1 Å². The molecule has 0 radical (unpaired) electrons. The van der Waals surface area contributed by atoms with Crippen molar-refractivity contribution in [2.75, 3.05) is 20.3 Å². The highest BCUT2D eigenvalue weighted by molar-refractivity contribution is 7.17. The summed E-state index contributed by atoms with van der Waals surface area (Å²) in [5.41, 5.74) is 3.53. The summed E-state index contributed by atoms with van der Waals surface area (Å²) in [4.78, 5) is 25.6. The molecule has 6 heteroatoms. The summed E-state index contributed by atoms with van der Waals surface area (Å²) in [6, 6.07) is 7.92. The summed E-state index contributed by atoms with van der Waals surface area (Å²) in [6.45, 7) is 4.34. The molecule has 1 N–H and O–H groups in total. The van der Waals surface area contributed by atoms with E-state index in [9.17, 15) is 9.59 Å². The van der Waals surface area contributed by atoms with Crippen LogP contribution in [0.2, 0.25) is 0 Å². The fraction of sp³-hybridized carbons (Fsp3) is 0.400. The van der Waals surface area contributed by atoms with Gasteiger partial charge in [0.1, 0.15) is 10.6 Å². The molecule has 1 aliphatic carbocycles. The number of thiophene rings is 1. The van der Waals surface area contributed by atoms with Gasteiger partial charge in [0, 0.05) is 11.4 Å². The fourth-order valence-electron chi connectivity index (χ4n) is 2.91. The predicted molar refractivity (Wildman–Crippen MR) is 102 cm³/mol. The van der Waals surface area contributed by atoms with Gasteiger partial charge in [-0.05, 0) is 59.7 Å². The number of carbonyl (C=O) groups is 2. The third kappa shape index (κ3) is 4.07. The normalized spacial score (nSPS) is 12.3. The Morgan fingerprint density at radius 3 is 2.69 bits per heavy atom. The molecule has 1 amide bonds. The number of amides is 1. The maximum atomic E-state index is 12.3. The van der Waals surface area contributed by atoms with Crippen LogP contribution in [0.5, 0.6) is 5.75 Å². The fourth-order valence-corrected chi connectivity index (χ4v) is 4.07. The second-order valence-electron chi connectivity index (χ2n) is 6.76. The summed E-state index contributed by atoms with van der Waals surface area (Å²) >= 11 is 1.42. The third-order valence-corrected chi connectivity index (χ3v) is 5.46. The van der Waals surface area contributed by atoms with Crippen molar-refractivity contribution in [2.24, 2.45) is 5.92 Å². The average molecular weight is 373 g/mol. The van der Waals surface area contributed by atoms with Gasteiger partial charge in [-0.1, -0.05) is 13.8 Å². The van der Waals surface area contributed by atoms with Crippen molar-refractivity contribution in [1.29, 1.82) is 0 Å². The highest BCUT2D eigenvalue weighted by atomic mass is 32.1. The number of methoxy groups -OCH3 is 1. The maximum Gasteiger partial charge on any atom is 0.348 e. The minimum absolute atomic E-state index is 0.248. The van der Waals surface area contributed by atoms with E-state index in [2.05, 4.69) is 11.4 Å². The lowest BCUT2D eigenvalue weighted by Gasteiger charge is -2.16. The first kappa shape index (κ1) is 18.5. The van der Waals surface area contributed by atoms with Gasteiger partial charge in [0.05, 0.1) is 7.11 Å². The number of aryl methyl sites for hydroxylation is 2. The standard InChI is InChI=1S/C20H23NO4S/c1-12(2)10-21-18(22)11-25-20(23)17-9-14-5-4-13-8-15(24-3)6-7-16(13)19(14)26-17/h6-9,12H,4-5,10-11H2,1-3H3,(H,21,22). The molecule has 0 aliphatic heterocycles. The van der Waals surface area contributed by atoms with E-state index >= 15 is 0 Å². The molecule has 0 spiro atoms. The molecule has 0 saturated heterocycles. The number of ether oxygens (including phenoxy) is 2. The van der Waals surface area contributed by atoms with Crippen molar-refractivity contribution in [3.8, 4) is 16.2 Å². The van der Waals surface area contributed by atoms with Crippen molar-refractivity contribution < 1.29 is 19.1 Å². The Hall–Kier alpha value is -2.34. The van der Waals surface area contributed by atoms with Crippen molar-refractivity contribution in [3.63, 3.8) is 0 Å². The minimum Gasteiger partial charge on any atom is -0.497 e. The zero-order valence-corrected chi connectivity index (χ0v) is 16.1. The highest BCUT2D eigenvalue weighted by Gasteiger charge is 2.23. The summed E-state index contributed by atoms with van der Waals surface area (Å²) in [7, 11) is 1.66. The smallest absolute Gasteiger partial charge is 0.348 e. The third-order valence-electron chi connectivity index (χ3n) is 4.27. The van der Waals surface area contributed by atoms with Crippen LogP contribution in [0.25, 0.3) is 10.4 Å². The van der Waals surface area contributed by atoms with Crippen molar-refractivity contribution in [2.45, 2.75) is 26.7 Å². The maximum absolute atomic E-state index is 12.3.